The third-order valence-electron chi connectivity index (χ3n) is 3.88. The van der Waals surface area contributed by atoms with Crippen LogP contribution >= 0.6 is 23.1 Å². The van der Waals surface area contributed by atoms with Crippen LogP contribution in [-0.4, -0.2) is 33.0 Å². The van der Waals surface area contributed by atoms with Crippen molar-refractivity contribution in [1.82, 2.24) is 10.1 Å². The Morgan fingerprint density at radius 2 is 2.04 bits per heavy atom. The van der Waals surface area contributed by atoms with Crippen LogP contribution in [0.5, 0.6) is 0 Å². The highest BCUT2D eigenvalue weighted by Crippen LogP contribution is 2.27. The lowest BCUT2D eigenvalue weighted by molar-refractivity contribution is -0.115. The quantitative estimate of drug-likeness (QED) is 0.601. The van der Waals surface area contributed by atoms with E-state index in [1.807, 2.05) is 36.6 Å². The van der Waals surface area contributed by atoms with Crippen molar-refractivity contribution in [2.75, 3.05) is 16.4 Å². The number of benzene rings is 1. The molecule has 1 unspecified atom stereocenters. The summed E-state index contributed by atoms with van der Waals surface area (Å²) in [6, 6.07) is 9.60. The van der Waals surface area contributed by atoms with Crippen molar-refractivity contribution in [3.63, 3.8) is 0 Å². The SMILES string of the molecule is Cc1cc(NC(=O)C(C)SCC(=O)Nc2nc(-c3ccccc3C)cs2)no1. The van der Waals surface area contributed by atoms with Gasteiger partial charge in [0.25, 0.3) is 0 Å². The number of thiazole rings is 1. The van der Waals surface area contributed by atoms with Gasteiger partial charge in [-0.25, -0.2) is 4.98 Å². The number of hydrogen-bond acceptors (Lipinski definition) is 7. The Morgan fingerprint density at radius 3 is 2.75 bits per heavy atom. The predicted octanol–water partition coefficient (Wildman–Crippen LogP) is 4.11. The lowest BCUT2D eigenvalue weighted by atomic mass is 10.1. The number of amides is 2. The van der Waals surface area contributed by atoms with Crippen molar-refractivity contribution in [2.24, 2.45) is 0 Å². The number of aryl methyl sites for hydroxylation is 2. The summed E-state index contributed by atoms with van der Waals surface area (Å²) in [4.78, 5) is 28.8. The van der Waals surface area contributed by atoms with E-state index < -0.39 is 5.25 Å². The molecule has 2 amide bonds. The van der Waals surface area contributed by atoms with Crippen LogP contribution in [0.25, 0.3) is 11.3 Å². The molecule has 3 rings (SSSR count). The van der Waals surface area contributed by atoms with E-state index in [9.17, 15) is 9.59 Å². The van der Waals surface area contributed by atoms with Crippen LogP contribution in [0.2, 0.25) is 0 Å². The minimum Gasteiger partial charge on any atom is -0.360 e. The van der Waals surface area contributed by atoms with E-state index in [-0.39, 0.29) is 17.6 Å². The molecule has 0 aliphatic heterocycles. The molecule has 2 heterocycles. The molecule has 28 heavy (non-hydrogen) atoms. The monoisotopic (exact) mass is 416 g/mol. The molecule has 2 aromatic heterocycles. The second-order valence-corrected chi connectivity index (χ2v) is 8.35. The fourth-order valence-electron chi connectivity index (χ4n) is 2.40. The fourth-order valence-corrected chi connectivity index (χ4v) is 3.81. The molecule has 1 atom stereocenters. The van der Waals surface area contributed by atoms with Crippen molar-refractivity contribution >= 4 is 45.9 Å². The van der Waals surface area contributed by atoms with Gasteiger partial charge in [-0.05, 0) is 26.3 Å². The molecule has 7 nitrogen and oxygen atoms in total. The Balaban J connectivity index is 1.49. The lowest BCUT2D eigenvalue weighted by Gasteiger charge is -2.09. The zero-order valence-electron chi connectivity index (χ0n) is 15.7. The van der Waals surface area contributed by atoms with Crippen molar-refractivity contribution in [1.29, 1.82) is 0 Å². The average Bonchev–Trinajstić information content (AvgIpc) is 3.29. The van der Waals surface area contributed by atoms with Crippen molar-refractivity contribution in [3.8, 4) is 11.3 Å². The first kappa shape index (κ1) is 20.1. The summed E-state index contributed by atoms with van der Waals surface area (Å²) in [6.45, 7) is 5.50. The smallest absolute Gasteiger partial charge is 0.238 e. The molecule has 0 saturated heterocycles. The molecule has 0 spiro atoms. The maximum Gasteiger partial charge on any atom is 0.238 e. The minimum absolute atomic E-state index is 0.145. The maximum absolute atomic E-state index is 12.2. The normalized spacial score (nSPS) is 11.8. The summed E-state index contributed by atoms with van der Waals surface area (Å²) < 4.78 is 4.91. The van der Waals surface area contributed by atoms with Crippen molar-refractivity contribution in [3.05, 3.63) is 47.0 Å². The average molecular weight is 417 g/mol. The van der Waals surface area contributed by atoms with Crippen LogP contribution in [0.4, 0.5) is 10.9 Å². The third-order valence-corrected chi connectivity index (χ3v) is 5.79. The molecule has 0 saturated carbocycles. The molecule has 0 aliphatic rings. The number of aromatic nitrogens is 2. The number of nitrogens with zero attached hydrogens (tertiary/aromatic N) is 2. The summed E-state index contributed by atoms with van der Waals surface area (Å²) in [7, 11) is 0. The lowest BCUT2D eigenvalue weighted by Crippen LogP contribution is -2.25. The number of nitrogens with one attached hydrogen (secondary N) is 2. The summed E-state index contributed by atoms with van der Waals surface area (Å²) in [5.74, 6) is 0.690. The zero-order valence-corrected chi connectivity index (χ0v) is 17.3. The van der Waals surface area contributed by atoms with Gasteiger partial charge >= 0.3 is 0 Å². The van der Waals surface area contributed by atoms with E-state index in [0.717, 1.165) is 16.8 Å². The molecule has 0 bridgehead atoms. The second-order valence-electron chi connectivity index (χ2n) is 6.17. The van der Waals surface area contributed by atoms with Gasteiger partial charge in [-0.2, -0.15) is 0 Å². The summed E-state index contributed by atoms with van der Waals surface area (Å²) in [6.07, 6.45) is 0. The molecule has 2 N–H and O–H groups in total. The van der Waals surface area contributed by atoms with Gasteiger partial charge in [-0.1, -0.05) is 29.4 Å². The molecule has 0 fully saturated rings. The largest absolute Gasteiger partial charge is 0.360 e. The molecule has 0 aliphatic carbocycles. The van der Waals surface area contributed by atoms with Crippen molar-refractivity contribution in [2.45, 2.75) is 26.0 Å². The maximum atomic E-state index is 12.2. The fraction of sp³-hybridized carbons (Fsp3) is 0.263. The van der Waals surface area contributed by atoms with Crippen LogP contribution in [-0.2, 0) is 9.59 Å². The molecule has 9 heteroatoms. The van der Waals surface area contributed by atoms with Gasteiger partial charge in [0.1, 0.15) is 5.76 Å². The molecule has 0 radical (unpaired) electrons. The summed E-state index contributed by atoms with van der Waals surface area (Å²) in [5, 5.41) is 11.2. The van der Waals surface area contributed by atoms with E-state index in [2.05, 4.69) is 20.8 Å². The first-order valence-corrected chi connectivity index (χ1v) is 10.5. The highest BCUT2D eigenvalue weighted by Gasteiger charge is 2.17. The highest BCUT2D eigenvalue weighted by molar-refractivity contribution is 8.01. The topological polar surface area (TPSA) is 97.1 Å². The van der Waals surface area contributed by atoms with Crippen LogP contribution in [0.15, 0.2) is 40.2 Å². The van der Waals surface area contributed by atoms with Gasteiger partial charge in [0.15, 0.2) is 10.9 Å². The van der Waals surface area contributed by atoms with Crippen LogP contribution < -0.4 is 10.6 Å². The Hall–Kier alpha value is -2.65. The zero-order chi connectivity index (χ0) is 20.1. The second kappa shape index (κ2) is 9.03. The number of hydrogen-bond donors (Lipinski definition) is 2. The number of rotatable bonds is 7. The minimum atomic E-state index is -0.415. The summed E-state index contributed by atoms with van der Waals surface area (Å²) in [5.41, 5.74) is 3.01. The number of carbonyl (C=O) groups excluding carboxylic acids is 2. The number of carbonyl (C=O) groups is 2. The van der Waals surface area contributed by atoms with Gasteiger partial charge in [-0.3, -0.25) is 9.59 Å². The van der Waals surface area contributed by atoms with E-state index in [0.29, 0.717) is 16.7 Å². The van der Waals surface area contributed by atoms with Gasteiger partial charge in [0.05, 0.1) is 16.7 Å². The van der Waals surface area contributed by atoms with E-state index in [1.54, 1.807) is 19.9 Å². The van der Waals surface area contributed by atoms with E-state index >= 15 is 0 Å². The summed E-state index contributed by atoms with van der Waals surface area (Å²) >= 11 is 2.61. The van der Waals surface area contributed by atoms with Gasteiger partial charge in [0.2, 0.25) is 11.8 Å². The van der Waals surface area contributed by atoms with Gasteiger partial charge in [-0.15, -0.1) is 23.1 Å². The number of thioether (sulfide) groups is 1. The predicted molar refractivity (Wildman–Crippen MR) is 113 cm³/mol. The number of anilines is 2. The highest BCUT2D eigenvalue weighted by atomic mass is 32.2. The third kappa shape index (κ3) is 5.20. The molecular weight excluding hydrogens is 396 g/mol. The van der Waals surface area contributed by atoms with E-state index in [1.165, 1.54) is 23.1 Å². The standard InChI is InChI=1S/C19H20N4O3S2/c1-11-6-4-5-7-14(11)15-9-28-19(20-15)22-17(24)10-27-13(3)18(25)21-16-8-12(2)26-23-16/h4-9,13H,10H2,1-3H3,(H,20,22,24)(H,21,23,25). The van der Waals surface area contributed by atoms with E-state index in [4.69, 9.17) is 4.52 Å². The Morgan fingerprint density at radius 1 is 1.25 bits per heavy atom. The Kier molecular flexibility index (Phi) is 6.48. The first-order chi connectivity index (χ1) is 13.4. The molecule has 3 aromatic rings. The molecule has 1 aromatic carbocycles. The first-order valence-electron chi connectivity index (χ1n) is 8.59. The van der Waals surface area contributed by atoms with Crippen LogP contribution in [0, 0.1) is 13.8 Å². The molecule has 146 valence electrons. The van der Waals surface area contributed by atoms with Crippen LogP contribution in [0.1, 0.15) is 18.2 Å². The molecular formula is C19H20N4O3S2. The van der Waals surface area contributed by atoms with Gasteiger partial charge < -0.3 is 15.2 Å². The van der Waals surface area contributed by atoms with Gasteiger partial charge in [0, 0.05) is 17.0 Å². The Labute approximate surface area is 170 Å². The van der Waals surface area contributed by atoms with Crippen molar-refractivity contribution < 1.29 is 14.1 Å². The Bertz CT molecular complexity index is 983. The van der Waals surface area contributed by atoms with Crippen LogP contribution in [0.3, 0.4) is 0 Å².